The summed E-state index contributed by atoms with van der Waals surface area (Å²) in [5.41, 5.74) is 2.27. The molecular formula is C25H28ClN5O3S. The van der Waals surface area contributed by atoms with Gasteiger partial charge < -0.3 is 20.1 Å². The molecule has 2 aliphatic rings. The van der Waals surface area contributed by atoms with Crippen LogP contribution in [0.1, 0.15) is 63.5 Å². The Balaban J connectivity index is 1.30. The topological polar surface area (TPSA) is 98.4 Å². The number of carbonyl (C=O) groups is 3. The van der Waals surface area contributed by atoms with E-state index in [9.17, 15) is 14.4 Å². The van der Waals surface area contributed by atoms with Gasteiger partial charge in [0.15, 0.2) is 5.01 Å². The Labute approximate surface area is 212 Å². The van der Waals surface area contributed by atoms with Gasteiger partial charge in [-0.1, -0.05) is 24.4 Å². The minimum absolute atomic E-state index is 0.0332. The van der Waals surface area contributed by atoms with Gasteiger partial charge in [0, 0.05) is 53.8 Å². The molecule has 184 valence electrons. The van der Waals surface area contributed by atoms with E-state index in [0.717, 1.165) is 47.2 Å². The number of fused-ring (bicyclic) bond motifs is 2. The third-order valence-corrected chi connectivity index (χ3v) is 8.36. The van der Waals surface area contributed by atoms with Crippen molar-refractivity contribution in [1.82, 2.24) is 25.1 Å². The van der Waals surface area contributed by atoms with Crippen LogP contribution in [0.25, 0.3) is 10.9 Å². The number of rotatable bonds is 4. The molecule has 0 spiro atoms. The fourth-order valence-corrected chi connectivity index (χ4v) is 6.30. The molecule has 1 aliphatic carbocycles. The summed E-state index contributed by atoms with van der Waals surface area (Å²) >= 11 is 7.45. The predicted molar refractivity (Wildman–Crippen MR) is 136 cm³/mol. The van der Waals surface area contributed by atoms with Gasteiger partial charge in [0.1, 0.15) is 5.69 Å². The number of nitrogens with zero attached hydrogens (tertiary/aromatic N) is 3. The molecular weight excluding hydrogens is 486 g/mol. The number of likely N-dealkylation sites (N-methyl/N-ethyl adjacent to an activating group) is 1. The van der Waals surface area contributed by atoms with Crippen LogP contribution in [0.4, 0.5) is 0 Å². The lowest BCUT2D eigenvalue weighted by molar-refractivity contribution is -0.129. The normalized spacial score (nSPS) is 19.9. The highest BCUT2D eigenvalue weighted by Gasteiger charge is 2.34. The molecule has 0 unspecified atom stereocenters. The first-order chi connectivity index (χ1) is 16.8. The lowest BCUT2D eigenvalue weighted by atomic mass is 9.89. The number of thiazole rings is 1. The second kappa shape index (κ2) is 9.62. The maximum atomic E-state index is 13.3. The van der Waals surface area contributed by atoms with Crippen LogP contribution in [0.3, 0.4) is 0 Å². The van der Waals surface area contributed by atoms with Crippen molar-refractivity contribution >= 4 is 51.6 Å². The molecule has 0 radical (unpaired) electrons. The van der Waals surface area contributed by atoms with Gasteiger partial charge in [0.2, 0.25) is 5.91 Å². The third-order valence-electron chi connectivity index (χ3n) is 7.05. The number of H-pyrrole nitrogens is 1. The molecule has 1 aromatic carbocycles. The van der Waals surface area contributed by atoms with E-state index >= 15 is 0 Å². The van der Waals surface area contributed by atoms with Crippen molar-refractivity contribution in [2.45, 2.75) is 57.7 Å². The Morgan fingerprint density at radius 3 is 2.83 bits per heavy atom. The number of amides is 3. The smallest absolute Gasteiger partial charge is 0.280 e. The number of carbonyl (C=O) groups excluding carboxylic acids is 3. The molecule has 3 heterocycles. The summed E-state index contributed by atoms with van der Waals surface area (Å²) in [6.07, 6.45) is 4.29. The SMILES string of the molecule is CC(=O)N1CCc2nc(C(=O)N[C@@H]3CCCC[C@@H]3N(C)C(=O)c3cc4cc(Cl)ccc4[nH]3)sc2C1. The maximum absolute atomic E-state index is 13.3. The van der Waals surface area contributed by atoms with E-state index in [4.69, 9.17) is 11.6 Å². The summed E-state index contributed by atoms with van der Waals surface area (Å²) in [6.45, 7) is 2.70. The van der Waals surface area contributed by atoms with Crippen molar-refractivity contribution in [2.24, 2.45) is 0 Å². The summed E-state index contributed by atoms with van der Waals surface area (Å²) in [6, 6.07) is 7.04. The standard InChI is InChI=1S/C25H28ClN5O3S/c1-14(32)31-10-9-19-22(13-31)35-24(29-19)23(33)28-18-5-3-4-6-21(18)30(2)25(34)20-12-15-11-16(26)7-8-17(15)27-20/h7-8,11-12,18,21,27H,3-6,9-10,13H2,1-2H3,(H,28,33)/t18-,21+/m1/s1. The van der Waals surface area contributed by atoms with E-state index in [1.54, 1.807) is 29.8 Å². The number of nitrogens with one attached hydrogen (secondary N) is 2. The highest BCUT2D eigenvalue weighted by Crippen LogP contribution is 2.28. The van der Waals surface area contributed by atoms with Gasteiger partial charge >= 0.3 is 0 Å². The third kappa shape index (κ3) is 4.79. The molecule has 3 amide bonds. The van der Waals surface area contributed by atoms with Crippen molar-refractivity contribution in [3.63, 3.8) is 0 Å². The molecule has 8 nitrogen and oxygen atoms in total. The monoisotopic (exact) mass is 513 g/mol. The number of hydrogen-bond acceptors (Lipinski definition) is 5. The van der Waals surface area contributed by atoms with Crippen molar-refractivity contribution in [3.05, 3.63) is 50.6 Å². The first-order valence-electron chi connectivity index (χ1n) is 11.9. The molecule has 5 rings (SSSR count). The van der Waals surface area contributed by atoms with Gasteiger partial charge in [-0.15, -0.1) is 11.3 Å². The molecule has 0 saturated heterocycles. The fourth-order valence-electron chi connectivity index (χ4n) is 5.09. The maximum Gasteiger partial charge on any atom is 0.280 e. The lowest BCUT2D eigenvalue weighted by Gasteiger charge is -2.38. The summed E-state index contributed by atoms with van der Waals surface area (Å²) in [5, 5.41) is 5.09. The highest BCUT2D eigenvalue weighted by atomic mass is 35.5. The van der Waals surface area contributed by atoms with Gasteiger partial charge in [-0.2, -0.15) is 0 Å². The summed E-state index contributed by atoms with van der Waals surface area (Å²) < 4.78 is 0. The van der Waals surface area contributed by atoms with Gasteiger partial charge in [-0.25, -0.2) is 4.98 Å². The molecule has 1 fully saturated rings. The van der Waals surface area contributed by atoms with Crippen LogP contribution in [-0.2, 0) is 17.8 Å². The van der Waals surface area contributed by atoms with Gasteiger partial charge in [-0.05, 0) is 37.1 Å². The molecule has 2 aromatic heterocycles. The Kier molecular flexibility index (Phi) is 6.55. The minimum Gasteiger partial charge on any atom is -0.351 e. The number of halogens is 1. The van der Waals surface area contributed by atoms with Gasteiger partial charge in [-0.3, -0.25) is 14.4 Å². The fraction of sp³-hybridized carbons (Fsp3) is 0.440. The van der Waals surface area contributed by atoms with E-state index in [-0.39, 0.29) is 29.8 Å². The molecule has 2 N–H and O–H groups in total. The van der Waals surface area contributed by atoms with E-state index in [1.807, 2.05) is 18.2 Å². The Morgan fingerprint density at radius 2 is 2.03 bits per heavy atom. The van der Waals surface area contributed by atoms with Crippen LogP contribution in [0, 0.1) is 0 Å². The Bertz CT molecular complexity index is 1300. The predicted octanol–water partition coefficient (Wildman–Crippen LogP) is 4.00. The van der Waals surface area contributed by atoms with Crippen LogP contribution in [0.15, 0.2) is 24.3 Å². The molecule has 3 aromatic rings. The first kappa shape index (κ1) is 23.8. The van der Waals surface area contributed by atoms with Crippen molar-refractivity contribution < 1.29 is 14.4 Å². The molecule has 35 heavy (non-hydrogen) atoms. The van der Waals surface area contributed by atoms with Crippen LogP contribution in [-0.4, -0.2) is 63.2 Å². The second-order valence-electron chi connectivity index (χ2n) is 9.34. The zero-order valence-corrected chi connectivity index (χ0v) is 21.3. The van der Waals surface area contributed by atoms with E-state index in [0.29, 0.717) is 35.2 Å². The van der Waals surface area contributed by atoms with Crippen molar-refractivity contribution in [1.29, 1.82) is 0 Å². The molecule has 1 saturated carbocycles. The number of benzene rings is 1. The molecule has 0 bridgehead atoms. The average molecular weight is 514 g/mol. The molecule has 10 heteroatoms. The quantitative estimate of drug-likeness (QED) is 0.551. The van der Waals surface area contributed by atoms with Crippen LogP contribution < -0.4 is 5.32 Å². The first-order valence-corrected chi connectivity index (χ1v) is 13.1. The summed E-state index contributed by atoms with van der Waals surface area (Å²) in [4.78, 5) is 50.4. The number of aromatic nitrogens is 2. The van der Waals surface area contributed by atoms with E-state index in [2.05, 4.69) is 15.3 Å². The number of hydrogen-bond donors (Lipinski definition) is 2. The van der Waals surface area contributed by atoms with E-state index < -0.39 is 0 Å². The van der Waals surface area contributed by atoms with Gasteiger partial charge in [0.25, 0.3) is 11.8 Å². The Hall–Kier alpha value is -2.91. The van der Waals surface area contributed by atoms with Crippen LogP contribution >= 0.6 is 22.9 Å². The lowest BCUT2D eigenvalue weighted by Crippen LogP contribution is -2.53. The van der Waals surface area contributed by atoms with Crippen molar-refractivity contribution in [3.8, 4) is 0 Å². The second-order valence-corrected chi connectivity index (χ2v) is 10.9. The number of aromatic amines is 1. The van der Waals surface area contributed by atoms with E-state index in [1.165, 1.54) is 11.3 Å². The zero-order valence-electron chi connectivity index (χ0n) is 19.8. The summed E-state index contributed by atoms with van der Waals surface area (Å²) in [5.74, 6) is -0.292. The summed E-state index contributed by atoms with van der Waals surface area (Å²) in [7, 11) is 1.80. The molecule has 1 aliphatic heterocycles. The molecule has 2 atom stereocenters. The zero-order chi connectivity index (χ0) is 24.7. The minimum atomic E-state index is -0.211. The van der Waals surface area contributed by atoms with Crippen LogP contribution in [0.5, 0.6) is 0 Å². The van der Waals surface area contributed by atoms with Gasteiger partial charge in [0.05, 0.1) is 18.3 Å². The van der Waals surface area contributed by atoms with Crippen molar-refractivity contribution in [2.75, 3.05) is 13.6 Å². The largest absolute Gasteiger partial charge is 0.351 e. The average Bonchev–Trinajstić information content (AvgIpc) is 3.47. The highest BCUT2D eigenvalue weighted by molar-refractivity contribution is 7.13. The Morgan fingerprint density at radius 1 is 1.23 bits per heavy atom. The van der Waals surface area contributed by atoms with Crippen LogP contribution in [0.2, 0.25) is 5.02 Å².